The summed E-state index contributed by atoms with van der Waals surface area (Å²) in [6.45, 7) is 4.23. The van der Waals surface area contributed by atoms with Gasteiger partial charge in [-0.25, -0.2) is 0 Å². The molecule has 3 rings (SSSR count). The van der Waals surface area contributed by atoms with Crippen LogP contribution in [0.2, 0.25) is 0 Å². The minimum Gasteiger partial charge on any atom is -0.480 e. The minimum atomic E-state index is -1.11. The number of hydrogen-bond donors (Lipinski definition) is 2. The molecule has 2 aliphatic rings. The Morgan fingerprint density at radius 1 is 0.853 bits per heavy atom. The normalized spacial score (nSPS) is 20.2. The Kier molecular flexibility index (Phi) is 8.74. The smallest absolute Gasteiger partial charge is 0.320 e. The molecule has 0 bridgehead atoms. The van der Waals surface area contributed by atoms with E-state index < -0.39 is 12.0 Å². The van der Waals surface area contributed by atoms with E-state index in [0.29, 0.717) is 12.0 Å². The van der Waals surface area contributed by atoms with Gasteiger partial charge in [0, 0.05) is 0 Å². The molecule has 0 radical (unpaired) electrons. The van der Waals surface area contributed by atoms with Gasteiger partial charge in [-0.1, -0.05) is 58.4 Å². The lowest BCUT2D eigenvalue weighted by Crippen LogP contribution is -2.32. The predicted octanol–water partition coefficient (Wildman–Crippen LogP) is 5.17. The first-order valence-electron chi connectivity index (χ1n) is 12.6. The van der Waals surface area contributed by atoms with Crippen LogP contribution in [0.3, 0.4) is 0 Å². The minimum absolute atomic E-state index is 0.0733. The Hall–Kier alpha value is -2.41. The van der Waals surface area contributed by atoms with Gasteiger partial charge in [0.2, 0.25) is 0 Å². The van der Waals surface area contributed by atoms with Crippen LogP contribution in [0.4, 0.5) is 0 Å². The van der Waals surface area contributed by atoms with E-state index in [1.807, 2.05) is 0 Å². The Morgan fingerprint density at radius 3 is 1.79 bits per heavy atom. The van der Waals surface area contributed by atoms with Crippen molar-refractivity contribution in [2.45, 2.75) is 103 Å². The molecule has 2 saturated carbocycles. The topological polar surface area (TPSA) is 116 Å². The number of carboxylic acids is 1. The quantitative estimate of drug-likeness (QED) is 0.375. The van der Waals surface area contributed by atoms with Crippen molar-refractivity contribution in [3.05, 3.63) is 23.8 Å². The molecule has 0 heterocycles. The molecule has 1 aromatic carbocycles. The lowest BCUT2D eigenvalue weighted by Gasteiger charge is -2.33. The summed E-state index contributed by atoms with van der Waals surface area (Å²) in [5, 5.41) is 9.14. The highest BCUT2D eigenvalue weighted by Gasteiger charge is 2.32. The lowest BCUT2D eigenvalue weighted by atomic mass is 9.73. The van der Waals surface area contributed by atoms with Crippen molar-refractivity contribution in [1.29, 1.82) is 0 Å². The zero-order valence-corrected chi connectivity index (χ0v) is 20.6. The zero-order valence-electron chi connectivity index (χ0n) is 20.6. The molecule has 0 unspecified atom stereocenters. The Morgan fingerprint density at radius 2 is 1.32 bits per heavy atom. The maximum absolute atomic E-state index is 12.9. The van der Waals surface area contributed by atoms with Gasteiger partial charge in [0.1, 0.15) is 6.04 Å². The van der Waals surface area contributed by atoms with Gasteiger partial charge >= 0.3 is 17.9 Å². The van der Waals surface area contributed by atoms with Crippen molar-refractivity contribution in [2.75, 3.05) is 0 Å². The third kappa shape index (κ3) is 7.55. The molecule has 1 aromatic rings. The van der Waals surface area contributed by atoms with Crippen LogP contribution in [0.1, 0.15) is 96.5 Å². The van der Waals surface area contributed by atoms with E-state index in [-0.39, 0.29) is 47.1 Å². The molecule has 0 aromatic heterocycles. The van der Waals surface area contributed by atoms with Gasteiger partial charge < -0.3 is 20.3 Å². The molecule has 1 atom stereocenters. The molecule has 0 saturated heterocycles. The van der Waals surface area contributed by atoms with Crippen LogP contribution in [0.25, 0.3) is 0 Å². The van der Waals surface area contributed by atoms with E-state index in [2.05, 4.69) is 13.8 Å². The van der Waals surface area contributed by atoms with E-state index in [4.69, 9.17) is 20.3 Å². The van der Waals surface area contributed by atoms with E-state index in [0.717, 1.165) is 51.4 Å². The maximum atomic E-state index is 12.9. The fraction of sp³-hybridized carbons (Fsp3) is 0.667. The maximum Gasteiger partial charge on any atom is 0.320 e. The van der Waals surface area contributed by atoms with Gasteiger partial charge in [-0.3, -0.25) is 14.4 Å². The summed E-state index contributed by atoms with van der Waals surface area (Å²) in [4.78, 5) is 36.8. The predicted molar refractivity (Wildman–Crippen MR) is 129 cm³/mol. The summed E-state index contributed by atoms with van der Waals surface area (Å²) < 4.78 is 11.4. The van der Waals surface area contributed by atoms with E-state index in [9.17, 15) is 14.4 Å². The summed E-state index contributed by atoms with van der Waals surface area (Å²) >= 11 is 0. The number of carboxylic acid groups (broad SMARTS) is 1. The second-order valence-electron chi connectivity index (χ2n) is 11.0. The number of esters is 2. The van der Waals surface area contributed by atoms with E-state index in [1.54, 1.807) is 18.2 Å². The van der Waals surface area contributed by atoms with Gasteiger partial charge in [0.05, 0.1) is 12.8 Å². The van der Waals surface area contributed by atoms with Crippen molar-refractivity contribution >= 4 is 17.9 Å². The molecular formula is C27H39NO6. The Labute approximate surface area is 202 Å². The van der Waals surface area contributed by atoms with Crippen molar-refractivity contribution in [3.8, 4) is 11.5 Å². The highest BCUT2D eigenvalue weighted by molar-refractivity contribution is 5.77. The van der Waals surface area contributed by atoms with Crippen LogP contribution < -0.4 is 15.2 Å². The number of ether oxygens (including phenoxy) is 2. The number of carbonyl (C=O) groups excluding carboxylic acids is 2. The van der Waals surface area contributed by atoms with Crippen LogP contribution in [0, 0.1) is 10.8 Å². The van der Waals surface area contributed by atoms with Crippen molar-refractivity contribution in [1.82, 2.24) is 0 Å². The number of benzene rings is 1. The molecule has 2 fully saturated rings. The van der Waals surface area contributed by atoms with Crippen LogP contribution >= 0.6 is 0 Å². The van der Waals surface area contributed by atoms with Crippen LogP contribution in [0.15, 0.2) is 18.2 Å². The van der Waals surface area contributed by atoms with Crippen molar-refractivity contribution in [3.63, 3.8) is 0 Å². The van der Waals surface area contributed by atoms with Gasteiger partial charge in [-0.2, -0.15) is 0 Å². The highest BCUT2D eigenvalue weighted by Crippen LogP contribution is 2.41. The molecular weight excluding hydrogens is 434 g/mol. The first-order chi connectivity index (χ1) is 16.1. The lowest BCUT2D eigenvalue weighted by molar-refractivity contribution is -0.140. The van der Waals surface area contributed by atoms with Gasteiger partial charge in [-0.15, -0.1) is 0 Å². The van der Waals surface area contributed by atoms with Crippen LogP contribution in [-0.4, -0.2) is 29.1 Å². The molecule has 0 spiro atoms. The SMILES string of the molecule is CC1(CC(=O)Oc2ccc(C[C@H](N)C(=O)O)cc2OC(=O)CC2(C)CCCCC2)CCCCC1. The first-order valence-corrected chi connectivity index (χ1v) is 12.6. The molecule has 0 amide bonds. The summed E-state index contributed by atoms with van der Waals surface area (Å²) in [6, 6.07) is 3.71. The molecule has 7 heteroatoms. The second kappa shape index (κ2) is 11.3. The molecule has 3 N–H and O–H groups in total. The zero-order chi connectivity index (χ0) is 24.8. The first kappa shape index (κ1) is 26.2. The second-order valence-corrected chi connectivity index (χ2v) is 11.0. The van der Waals surface area contributed by atoms with E-state index in [1.165, 1.54) is 12.8 Å². The summed E-state index contributed by atoms with van der Waals surface area (Å²) in [5.74, 6) is -1.52. The third-order valence-corrected chi connectivity index (χ3v) is 7.49. The number of hydrogen-bond acceptors (Lipinski definition) is 6. The number of aliphatic carboxylic acids is 1. The summed E-state index contributed by atoms with van der Waals surface area (Å²) in [6.07, 6.45) is 11.5. The standard InChI is InChI=1S/C27H39NO6/c1-26(11-5-3-6-12-26)17-23(29)33-21-10-9-19(15-20(28)25(31)32)16-22(21)34-24(30)18-27(2)13-7-4-8-14-27/h9-10,16,20H,3-8,11-15,17-18,28H2,1-2H3,(H,31,32)/t20-/m0/s1. The number of rotatable bonds is 9. The number of carbonyl (C=O) groups is 3. The van der Waals surface area contributed by atoms with Gasteiger partial charge in [-0.05, 0) is 60.6 Å². The molecule has 188 valence electrons. The van der Waals surface area contributed by atoms with Crippen LogP contribution in [0.5, 0.6) is 11.5 Å². The van der Waals surface area contributed by atoms with Crippen LogP contribution in [-0.2, 0) is 20.8 Å². The monoisotopic (exact) mass is 473 g/mol. The average molecular weight is 474 g/mol. The Balaban J connectivity index is 1.74. The van der Waals surface area contributed by atoms with E-state index >= 15 is 0 Å². The fourth-order valence-corrected chi connectivity index (χ4v) is 5.36. The van der Waals surface area contributed by atoms with Gasteiger partial charge in [0.15, 0.2) is 11.5 Å². The van der Waals surface area contributed by atoms with Crippen molar-refractivity contribution < 1.29 is 29.0 Å². The summed E-state index contributed by atoms with van der Waals surface area (Å²) in [7, 11) is 0. The van der Waals surface area contributed by atoms with Crippen molar-refractivity contribution in [2.24, 2.45) is 16.6 Å². The molecule has 34 heavy (non-hydrogen) atoms. The molecule has 7 nitrogen and oxygen atoms in total. The Bertz CT molecular complexity index is 883. The van der Waals surface area contributed by atoms with Gasteiger partial charge in [0.25, 0.3) is 0 Å². The fourth-order valence-electron chi connectivity index (χ4n) is 5.36. The summed E-state index contributed by atoms with van der Waals surface area (Å²) in [5.41, 5.74) is 6.12. The number of nitrogens with two attached hydrogens (primary N) is 1. The molecule has 0 aliphatic heterocycles. The highest BCUT2D eigenvalue weighted by atomic mass is 16.6. The third-order valence-electron chi connectivity index (χ3n) is 7.49. The largest absolute Gasteiger partial charge is 0.480 e. The average Bonchev–Trinajstić information content (AvgIpc) is 2.75. The molecule has 2 aliphatic carbocycles.